The topological polar surface area (TPSA) is 58.2 Å². The molecule has 0 atom stereocenters. The number of rotatable bonds is 8. The molecule has 0 spiro atoms. The van der Waals surface area contributed by atoms with Gasteiger partial charge < -0.3 is 5.32 Å². The Morgan fingerprint density at radius 2 is 2.16 bits per heavy atom. The quantitative estimate of drug-likeness (QED) is 0.768. The van der Waals surface area contributed by atoms with Crippen molar-refractivity contribution in [2.24, 2.45) is 0 Å². The summed E-state index contributed by atoms with van der Waals surface area (Å²) < 4.78 is 26.5. The Bertz CT molecular complexity index is 491. The molecule has 1 heterocycles. The van der Waals surface area contributed by atoms with Crippen molar-refractivity contribution in [1.82, 2.24) is 10.0 Å². The van der Waals surface area contributed by atoms with Gasteiger partial charge in [0.2, 0.25) is 10.0 Å². The van der Waals surface area contributed by atoms with Crippen LogP contribution in [0.3, 0.4) is 0 Å². The minimum atomic E-state index is -3.18. The number of hydrogen-bond donors (Lipinski definition) is 2. The zero-order valence-corrected chi connectivity index (χ0v) is 13.1. The van der Waals surface area contributed by atoms with Crippen molar-refractivity contribution in [2.75, 3.05) is 18.8 Å². The van der Waals surface area contributed by atoms with Crippen molar-refractivity contribution in [2.45, 2.75) is 38.1 Å². The third-order valence-corrected chi connectivity index (χ3v) is 5.86. The molecule has 1 aromatic rings. The van der Waals surface area contributed by atoms with Gasteiger partial charge in [-0.2, -0.15) is 0 Å². The molecular formula is C13H22N2O2S2. The highest BCUT2D eigenvalue weighted by Gasteiger charge is 2.25. The van der Waals surface area contributed by atoms with E-state index in [1.165, 1.54) is 17.7 Å². The molecule has 6 heteroatoms. The van der Waals surface area contributed by atoms with Crippen LogP contribution in [-0.2, 0) is 15.4 Å². The molecule has 1 aromatic heterocycles. The second-order valence-electron chi connectivity index (χ2n) is 5.73. The molecule has 2 rings (SSSR count). The maximum Gasteiger partial charge on any atom is 0.212 e. The van der Waals surface area contributed by atoms with Crippen LogP contribution in [0.4, 0.5) is 0 Å². The van der Waals surface area contributed by atoms with Crippen LogP contribution in [0.25, 0.3) is 0 Å². The molecule has 1 aliphatic rings. The Morgan fingerprint density at radius 3 is 2.74 bits per heavy atom. The Hall–Kier alpha value is -0.430. The molecule has 4 nitrogen and oxygen atoms in total. The molecule has 108 valence electrons. The molecule has 1 aliphatic carbocycles. The molecule has 0 aliphatic heterocycles. The first-order valence-corrected chi connectivity index (χ1v) is 9.17. The van der Waals surface area contributed by atoms with Crippen molar-refractivity contribution >= 4 is 21.4 Å². The number of sulfonamides is 1. The Kier molecular flexibility index (Phi) is 4.66. The van der Waals surface area contributed by atoms with E-state index in [-0.39, 0.29) is 11.2 Å². The molecule has 19 heavy (non-hydrogen) atoms. The monoisotopic (exact) mass is 302 g/mol. The minimum Gasteiger partial charge on any atom is -0.313 e. The van der Waals surface area contributed by atoms with Gasteiger partial charge in [0.25, 0.3) is 0 Å². The van der Waals surface area contributed by atoms with Crippen LogP contribution in [0, 0.1) is 0 Å². The standard InChI is InChI=1S/C13H22N2O2S2/c1-13(2,12-4-3-8-18-12)10-15-19(16,17)9-7-14-11-5-6-11/h3-4,8,11,14-15H,5-7,9-10H2,1-2H3. The summed E-state index contributed by atoms with van der Waals surface area (Å²) in [7, 11) is -3.18. The van der Waals surface area contributed by atoms with Gasteiger partial charge in [-0.1, -0.05) is 19.9 Å². The molecule has 0 unspecified atom stereocenters. The summed E-state index contributed by atoms with van der Waals surface area (Å²) in [6.45, 7) is 5.10. The van der Waals surface area contributed by atoms with Crippen LogP contribution < -0.4 is 10.0 Å². The molecule has 0 bridgehead atoms. The van der Waals surface area contributed by atoms with E-state index in [1.807, 2.05) is 17.5 Å². The first-order valence-electron chi connectivity index (χ1n) is 6.64. The van der Waals surface area contributed by atoms with Crippen molar-refractivity contribution in [3.05, 3.63) is 22.4 Å². The van der Waals surface area contributed by atoms with E-state index in [1.54, 1.807) is 11.3 Å². The molecule has 0 amide bonds. The summed E-state index contributed by atoms with van der Waals surface area (Å²) in [6, 6.07) is 4.60. The molecule has 0 saturated heterocycles. The molecule has 2 N–H and O–H groups in total. The number of thiophene rings is 1. The summed E-state index contributed by atoms with van der Waals surface area (Å²) in [4.78, 5) is 1.20. The van der Waals surface area contributed by atoms with Gasteiger partial charge >= 0.3 is 0 Å². The lowest BCUT2D eigenvalue weighted by molar-refractivity contribution is 0.508. The van der Waals surface area contributed by atoms with Crippen molar-refractivity contribution < 1.29 is 8.42 Å². The van der Waals surface area contributed by atoms with E-state index in [2.05, 4.69) is 23.9 Å². The van der Waals surface area contributed by atoms with Crippen LogP contribution >= 0.6 is 11.3 Å². The lowest BCUT2D eigenvalue weighted by Crippen LogP contribution is -2.39. The Labute approximate surface area is 119 Å². The van der Waals surface area contributed by atoms with E-state index in [4.69, 9.17) is 0 Å². The van der Waals surface area contributed by atoms with E-state index < -0.39 is 10.0 Å². The summed E-state index contributed by atoms with van der Waals surface area (Å²) in [6.07, 6.45) is 2.36. The highest BCUT2D eigenvalue weighted by Crippen LogP contribution is 2.26. The fourth-order valence-electron chi connectivity index (χ4n) is 1.80. The molecule has 0 radical (unpaired) electrons. The molecule has 1 saturated carbocycles. The smallest absolute Gasteiger partial charge is 0.212 e. The van der Waals surface area contributed by atoms with Crippen LogP contribution in [0.1, 0.15) is 31.6 Å². The van der Waals surface area contributed by atoms with Gasteiger partial charge in [0.15, 0.2) is 0 Å². The lowest BCUT2D eigenvalue weighted by Gasteiger charge is -2.23. The first-order chi connectivity index (χ1) is 8.89. The third kappa shape index (κ3) is 4.87. The second kappa shape index (κ2) is 5.91. The molecule has 0 aromatic carbocycles. The van der Waals surface area contributed by atoms with Crippen molar-refractivity contribution in [3.63, 3.8) is 0 Å². The van der Waals surface area contributed by atoms with Crippen molar-refractivity contribution in [1.29, 1.82) is 0 Å². The molecular weight excluding hydrogens is 280 g/mol. The maximum absolute atomic E-state index is 11.9. The predicted octanol–water partition coefficient (Wildman–Crippen LogP) is 1.70. The average Bonchev–Trinajstić information content (AvgIpc) is 2.97. The van der Waals surface area contributed by atoms with Crippen LogP contribution in [-0.4, -0.2) is 33.3 Å². The Balaban J connectivity index is 1.79. The number of hydrogen-bond acceptors (Lipinski definition) is 4. The normalized spacial score (nSPS) is 16.7. The fraction of sp³-hybridized carbons (Fsp3) is 0.692. The molecule has 1 fully saturated rings. The number of nitrogens with one attached hydrogen (secondary N) is 2. The van der Waals surface area contributed by atoms with Gasteiger partial charge in [0, 0.05) is 29.4 Å². The van der Waals surface area contributed by atoms with E-state index in [0.717, 1.165) is 0 Å². The lowest BCUT2D eigenvalue weighted by atomic mass is 9.92. The maximum atomic E-state index is 11.9. The largest absolute Gasteiger partial charge is 0.313 e. The van der Waals surface area contributed by atoms with Gasteiger partial charge in [-0.15, -0.1) is 11.3 Å². The van der Waals surface area contributed by atoms with Crippen LogP contribution in [0.2, 0.25) is 0 Å². The Morgan fingerprint density at radius 1 is 1.42 bits per heavy atom. The zero-order chi connectivity index (χ0) is 13.9. The van der Waals surface area contributed by atoms with E-state index in [0.29, 0.717) is 19.1 Å². The van der Waals surface area contributed by atoms with Gasteiger partial charge in [0.1, 0.15) is 0 Å². The SMILES string of the molecule is CC(C)(CNS(=O)(=O)CCNC1CC1)c1cccs1. The highest BCUT2D eigenvalue weighted by atomic mass is 32.2. The van der Waals surface area contributed by atoms with Gasteiger partial charge in [-0.3, -0.25) is 0 Å². The van der Waals surface area contributed by atoms with E-state index >= 15 is 0 Å². The second-order valence-corrected chi connectivity index (χ2v) is 8.60. The third-order valence-electron chi connectivity index (χ3n) is 3.30. The summed E-state index contributed by atoms with van der Waals surface area (Å²) in [5, 5.41) is 5.24. The zero-order valence-electron chi connectivity index (χ0n) is 11.5. The summed E-state index contributed by atoms with van der Waals surface area (Å²) in [5.74, 6) is 0.157. The minimum absolute atomic E-state index is 0.157. The van der Waals surface area contributed by atoms with Crippen LogP contribution in [0.15, 0.2) is 17.5 Å². The highest BCUT2D eigenvalue weighted by molar-refractivity contribution is 7.89. The fourth-order valence-corrected chi connectivity index (χ4v) is 3.76. The van der Waals surface area contributed by atoms with Gasteiger partial charge in [0.05, 0.1) is 5.75 Å². The average molecular weight is 302 g/mol. The summed E-state index contributed by atoms with van der Waals surface area (Å²) in [5.41, 5.74) is -0.162. The summed E-state index contributed by atoms with van der Waals surface area (Å²) >= 11 is 1.66. The predicted molar refractivity (Wildman–Crippen MR) is 80.2 cm³/mol. The van der Waals surface area contributed by atoms with Crippen LogP contribution in [0.5, 0.6) is 0 Å². The van der Waals surface area contributed by atoms with Gasteiger partial charge in [-0.05, 0) is 24.3 Å². The first kappa shape index (κ1) is 15.0. The van der Waals surface area contributed by atoms with E-state index in [9.17, 15) is 8.42 Å². The van der Waals surface area contributed by atoms with Crippen molar-refractivity contribution in [3.8, 4) is 0 Å². The van der Waals surface area contributed by atoms with Gasteiger partial charge in [-0.25, -0.2) is 13.1 Å².